The molecule has 1 spiro atoms. The van der Waals surface area contributed by atoms with E-state index in [0.29, 0.717) is 11.1 Å². The van der Waals surface area contributed by atoms with Crippen molar-refractivity contribution in [3.8, 4) is 0 Å². The van der Waals surface area contributed by atoms with Gasteiger partial charge in [-0.05, 0) is 46.5 Å². The topological polar surface area (TPSA) is 52.6 Å². The fourth-order valence-corrected chi connectivity index (χ4v) is 8.05. The van der Waals surface area contributed by atoms with E-state index in [4.69, 9.17) is 9.47 Å². The lowest BCUT2D eigenvalue weighted by atomic mass is 9.43. The van der Waals surface area contributed by atoms with Crippen LogP contribution in [0.1, 0.15) is 48.9 Å². The molecular formula is C31H21BrO4. The number of esters is 2. The summed E-state index contributed by atoms with van der Waals surface area (Å²) >= 11 is 4.10. The minimum Gasteiger partial charge on any atom is -0.454 e. The number of rotatable bonds is 4. The summed E-state index contributed by atoms with van der Waals surface area (Å²) < 4.78 is 11.8. The molecule has 1 saturated carbocycles. The molecule has 3 unspecified atom stereocenters. The van der Waals surface area contributed by atoms with Gasteiger partial charge in [0.1, 0.15) is 10.4 Å². The Bertz CT molecular complexity index is 1520. The smallest absolute Gasteiger partial charge is 0.338 e. The second-order valence-corrected chi connectivity index (χ2v) is 10.8. The molecule has 3 aliphatic rings. The lowest BCUT2D eigenvalue weighted by Gasteiger charge is -2.62. The van der Waals surface area contributed by atoms with E-state index in [2.05, 4.69) is 40.2 Å². The van der Waals surface area contributed by atoms with Crippen molar-refractivity contribution in [2.45, 2.75) is 27.9 Å². The molecule has 3 aliphatic carbocycles. The van der Waals surface area contributed by atoms with Gasteiger partial charge in [0.25, 0.3) is 0 Å². The zero-order chi connectivity index (χ0) is 24.5. The van der Waals surface area contributed by atoms with Crippen molar-refractivity contribution in [1.82, 2.24) is 0 Å². The molecular weight excluding hydrogens is 516 g/mol. The SMILES string of the molecule is O=C(OC1C2c3ccccc3[C@@]23c2ccccc2[C@@]3(Br)C1OC(=O)c1ccccc1)c1ccccc1. The van der Waals surface area contributed by atoms with Gasteiger partial charge < -0.3 is 9.47 Å². The molecule has 0 saturated heterocycles. The van der Waals surface area contributed by atoms with Crippen LogP contribution >= 0.6 is 15.9 Å². The van der Waals surface area contributed by atoms with Crippen LogP contribution in [-0.2, 0) is 19.2 Å². The van der Waals surface area contributed by atoms with E-state index >= 15 is 0 Å². The largest absolute Gasteiger partial charge is 0.454 e. The summed E-state index contributed by atoms with van der Waals surface area (Å²) in [5, 5.41) is 0. The summed E-state index contributed by atoms with van der Waals surface area (Å²) in [6.45, 7) is 0. The first-order valence-electron chi connectivity index (χ1n) is 12.0. The Morgan fingerprint density at radius 1 is 0.611 bits per heavy atom. The predicted molar refractivity (Wildman–Crippen MR) is 138 cm³/mol. The normalized spacial score (nSPS) is 28.3. The Kier molecular flexibility index (Phi) is 4.58. The molecule has 0 N–H and O–H groups in total. The minimum absolute atomic E-state index is 0.149. The first-order chi connectivity index (χ1) is 17.6. The Balaban J connectivity index is 1.38. The van der Waals surface area contributed by atoms with Crippen molar-refractivity contribution >= 4 is 27.9 Å². The van der Waals surface area contributed by atoms with Gasteiger partial charge in [-0.15, -0.1) is 0 Å². The van der Waals surface area contributed by atoms with Crippen LogP contribution < -0.4 is 0 Å². The predicted octanol–water partition coefficient (Wildman–Crippen LogP) is 6.14. The third-order valence-corrected chi connectivity index (χ3v) is 9.52. The molecule has 0 radical (unpaired) electrons. The summed E-state index contributed by atoms with van der Waals surface area (Å²) in [5.74, 6) is -1.02. The van der Waals surface area contributed by atoms with Crippen LogP contribution in [0.3, 0.4) is 0 Å². The van der Waals surface area contributed by atoms with Gasteiger partial charge in [0.15, 0.2) is 6.10 Å². The van der Waals surface area contributed by atoms with Crippen LogP contribution in [0.4, 0.5) is 0 Å². The lowest BCUT2D eigenvalue weighted by Crippen LogP contribution is -2.62. The van der Waals surface area contributed by atoms with Gasteiger partial charge in [-0.3, -0.25) is 0 Å². The van der Waals surface area contributed by atoms with E-state index in [1.165, 1.54) is 11.1 Å². The summed E-state index contributed by atoms with van der Waals surface area (Å²) in [7, 11) is 0. The molecule has 0 heterocycles. The molecule has 4 nitrogen and oxygen atoms in total. The monoisotopic (exact) mass is 536 g/mol. The maximum atomic E-state index is 13.4. The first-order valence-corrected chi connectivity index (χ1v) is 12.8. The molecule has 5 atom stereocenters. The molecule has 36 heavy (non-hydrogen) atoms. The van der Waals surface area contributed by atoms with E-state index in [1.807, 2.05) is 60.7 Å². The van der Waals surface area contributed by atoms with Crippen molar-refractivity contribution in [2.75, 3.05) is 0 Å². The number of hydrogen-bond donors (Lipinski definition) is 0. The first kappa shape index (κ1) is 21.6. The second-order valence-electron chi connectivity index (χ2n) is 9.56. The fraction of sp³-hybridized carbons (Fsp3) is 0.161. The average molecular weight is 537 g/mol. The van der Waals surface area contributed by atoms with Crippen molar-refractivity contribution < 1.29 is 19.1 Å². The van der Waals surface area contributed by atoms with Gasteiger partial charge in [0, 0.05) is 5.92 Å². The summed E-state index contributed by atoms with van der Waals surface area (Å²) in [6, 6.07) is 34.4. The third-order valence-electron chi connectivity index (χ3n) is 8.02. The number of benzene rings is 4. The molecule has 4 aromatic carbocycles. The number of fused-ring (bicyclic) bond motifs is 4. The zero-order valence-electron chi connectivity index (χ0n) is 19.1. The van der Waals surface area contributed by atoms with Crippen LogP contribution in [0, 0.1) is 0 Å². The van der Waals surface area contributed by atoms with Crippen molar-refractivity contribution in [3.63, 3.8) is 0 Å². The van der Waals surface area contributed by atoms with Crippen molar-refractivity contribution in [3.05, 3.63) is 143 Å². The highest BCUT2D eigenvalue weighted by atomic mass is 79.9. The second kappa shape index (κ2) is 7.65. The van der Waals surface area contributed by atoms with Crippen LogP contribution in [0.5, 0.6) is 0 Å². The van der Waals surface area contributed by atoms with Gasteiger partial charge in [0.05, 0.1) is 16.5 Å². The van der Waals surface area contributed by atoms with E-state index < -0.39 is 33.9 Å². The van der Waals surface area contributed by atoms with Crippen LogP contribution in [0.25, 0.3) is 0 Å². The molecule has 4 aromatic rings. The number of ether oxygens (including phenoxy) is 2. The quantitative estimate of drug-likeness (QED) is 0.232. The standard InChI is InChI=1S/C31H21BrO4/c32-31-24-18-10-9-17-23(24)30(31)22-16-8-7-15-21(22)25(30)26(35-28(33)19-11-3-1-4-12-19)27(31)36-29(34)20-13-5-2-6-14-20/h1-18,25-27H/t25?,26?,27?,30-,31-/m1/s1. The molecule has 5 heteroatoms. The number of hydrogen-bond acceptors (Lipinski definition) is 4. The third kappa shape index (κ3) is 2.53. The van der Waals surface area contributed by atoms with Gasteiger partial charge in [-0.1, -0.05) is 101 Å². The molecule has 0 amide bonds. The zero-order valence-corrected chi connectivity index (χ0v) is 20.7. The van der Waals surface area contributed by atoms with Gasteiger partial charge in [-0.2, -0.15) is 0 Å². The van der Waals surface area contributed by atoms with Gasteiger partial charge >= 0.3 is 11.9 Å². The fourth-order valence-electron chi connectivity index (χ4n) is 6.68. The molecule has 176 valence electrons. The highest BCUT2D eigenvalue weighted by molar-refractivity contribution is 9.09. The molecule has 0 aromatic heterocycles. The number of alkyl halides is 1. The van der Waals surface area contributed by atoms with Crippen molar-refractivity contribution in [1.29, 1.82) is 0 Å². The Labute approximate surface area is 217 Å². The Morgan fingerprint density at radius 2 is 1.11 bits per heavy atom. The summed E-state index contributed by atoms with van der Waals surface area (Å²) in [5.41, 5.74) is 5.03. The number of halogens is 1. The van der Waals surface area contributed by atoms with Gasteiger partial charge in [-0.25, -0.2) is 9.59 Å². The number of carbonyl (C=O) groups excluding carboxylic acids is 2. The molecule has 0 aliphatic heterocycles. The highest BCUT2D eigenvalue weighted by Crippen LogP contribution is 2.81. The van der Waals surface area contributed by atoms with Crippen LogP contribution in [0.15, 0.2) is 109 Å². The number of carbonyl (C=O) groups is 2. The minimum atomic E-state index is -0.731. The van der Waals surface area contributed by atoms with Crippen LogP contribution in [0.2, 0.25) is 0 Å². The summed E-state index contributed by atoms with van der Waals surface area (Å²) in [6.07, 6.45) is -1.41. The van der Waals surface area contributed by atoms with E-state index in [1.54, 1.807) is 24.3 Å². The van der Waals surface area contributed by atoms with Gasteiger partial charge in [0.2, 0.25) is 0 Å². The van der Waals surface area contributed by atoms with E-state index in [0.717, 1.165) is 11.1 Å². The highest BCUT2D eigenvalue weighted by Gasteiger charge is 2.83. The average Bonchev–Trinajstić information content (AvgIpc) is 3.06. The molecule has 0 bridgehead atoms. The van der Waals surface area contributed by atoms with Crippen LogP contribution in [-0.4, -0.2) is 24.1 Å². The van der Waals surface area contributed by atoms with E-state index in [-0.39, 0.29) is 5.92 Å². The molecule has 7 rings (SSSR count). The van der Waals surface area contributed by atoms with Crippen molar-refractivity contribution in [2.24, 2.45) is 0 Å². The Hall–Kier alpha value is -3.70. The maximum Gasteiger partial charge on any atom is 0.338 e. The Morgan fingerprint density at radius 3 is 1.75 bits per heavy atom. The summed E-state index contributed by atoms with van der Waals surface area (Å²) in [4.78, 5) is 26.7. The maximum absolute atomic E-state index is 13.4. The van der Waals surface area contributed by atoms with E-state index in [9.17, 15) is 9.59 Å². The lowest BCUT2D eigenvalue weighted by molar-refractivity contribution is -0.0342. The molecule has 1 fully saturated rings.